The first kappa shape index (κ1) is 20.8. The summed E-state index contributed by atoms with van der Waals surface area (Å²) in [5, 5.41) is 0. The van der Waals surface area contributed by atoms with Crippen molar-refractivity contribution in [3.63, 3.8) is 0 Å². The fourth-order valence-electron chi connectivity index (χ4n) is 3.24. The van der Waals surface area contributed by atoms with Crippen molar-refractivity contribution in [3.8, 4) is 0 Å². The summed E-state index contributed by atoms with van der Waals surface area (Å²) >= 11 is 0. The van der Waals surface area contributed by atoms with Crippen LogP contribution in [0, 0.1) is 18.7 Å². The van der Waals surface area contributed by atoms with Crippen molar-refractivity contribution in [2.24, 2.45) is 5.92 Å². The average molecular weight is 427 g/mol. The van der Waals surface area contributed by atoms with Gasteiger partial charge in [0.15, 0.2) is 0 Å². The van der Waals surface area contributed by atoms with Crippen LogP contribution in [0.5, 0.6) is 0 Å². The second-order valence-electron chi connectivity index (χ2n) is 7.17. The lowest BCUT2D eigenvalue weighted by Gasteiger charge is -2.30. The highest BCUT2D eigenvalue weighted by Gasteiger charge is 2.28. The molecule has 0 radical (unpaired) electrons. The third kappa shape index (κ3) is 4.37. The molecule has 1 aliphatic heterocycles. The molecule has 1 N–H and O–H groups in total. The molecule has 0 aromatic heterocycles. The monoisotopic (exact) mass is 426 g/mol. The summed E-state index contributed by atoms with van der Waals surface area (Å²) < 4.78 is 68.1. The van der Waals surface area contributed by atoms with Crippen molar-refractivity contribution in [3.05, 3.63) is 53.8 Å². The van der Waals surface area contributed by atoms with Gasteiger partial charge < -0.3 is 0 Å². The summed E-state index contributed by atoms with van der Waals surface area (Å²) in [7, 11) is -7.75. The summed E-state index contributed by atoms with van der Waals surface area (Å²) in [5.41, 5.74) is 0.769. The van der Waals surface area contributed by atoms with Crippen molar-refractivity contribution in [1.82, 2.24) is 4.31 Å². The van der Waals surface area contributed by atoms with E-state index < -0.39 is 30.8 Å². The molecule has 152 valence electrons. The Balaban J connectivity index is 1.82. The summed E-state index contributed by atoms with van der Waals surface area (Å²) in [6.45, 7) is 4.64. The van der Waals surface area contributed by atoms with E-state index in [9.17, 15) is 21.2 Å². The Hall–Kier alpha value is -1.97. The molecule has 1 aliphatic rings. The standard InChI is InChI=1S/C19H23FN2O4S2/c1-14-5-10-18(20)19(12-14)27(23,24)21-16-6-8-17(9-7-16)28(25,26)22-11-3-4-15(2)13-22/h5-10,12,15,21H,3-4,11,13H2,1-2H3. The van der Waals surface area contributed by atoms with Gasteiger partial charge in [0.05, 0.1) is 4.90 Å². The molecule has 3 rings (SSSR count). The molecule has 0 aliphatic carbocycles. The largest absolute Gasteiger partial charge is 0.280 e. The van der Waals surface area contributed by atoms with Crippen LogP contribution in [-0.4, -0.2) is 34.2 Å². The van der Waals surface area contributed by atoms with Gasteiger partial charge in [0.1, 0.15) is 10.7 Å². The molecule has 1 fully saturated rings. The Bertz CT molecular complexity index is 1070. The molecule has 0 spiro atoms. The summed E-state index contributed by atoms with van der Waals surface area (Å²) in [6, 6.07) is 9.28. The maximum atomic E-state index is 13.9. The molecule has 2 aromatic carbocycles. The molecular weight excluding hydrogens is 403 g/mol. The Morgan fingerprint density at radius 2 is 1.75 bits per heavy atom. The normalized spacial score (nSPS) is 18.8. The minimum absolute atomic E-state index is 0.103. The summed E-state index contributed by atoms with van der Waals surface area (Å²) in [5.74, 6) is -0.546. The number of piperidine rings is 1. The average Bonchev–Trinajstić information content (AvgIpc) is 2.64. The van der Waals surface area contributed by atoms with Gasteiger partial charge in [-0.05, 0) is 67.6 Å². The quantitative estimate of drug-likeness (QED) is 0.795. The van der Waals surface area contributed by atoms with Crippen LogP contribution in [-0.2, 0) is 20.0 Å². The van der Waals surface area contributed by atoms with Gasteiger partial charge in [-0.2, -0.15) is 4.31 Å². The van der Waals surface area contributed by atoms with Crippen molar-refractivity contribution in [2.75, 3.05) is 17.8 Å². The van der Waals surface area contributed by atoms with Crippen LogP contribution < -0.4 is 4.72 Å². The number of benzene rings is 2. The molecule has 1 saturated heterocycles. The second kappa shape index (κ2) is 7.81. The fourth-order valence-corrected chi connectivity index (χ4v) is 6.06. The third-order valence-electron chi connectivity index (χ3n) is 4.74. The highest BCUT2D eigenvalue weighted by Crippen LogP contribution is 2.25. The lowest BCUT2D eigenvalue weighted by atomic mass is 10.0. The number of sulfonamides is 2. The van der Waals surface area contributed by atoms with Gasteiger partial charge in [0.2, 0.25) is 10.0 Å². The summed E-state index contributed by atoms with van der Waals surface area (Å²) in [6.07, 6.45) is 1.82. The Kier molecular flexibility index (Phi) is 5.79. The van der Waals surface area contributed by atoms with Crippen LogP contribution in [0.4, 0.5) is 10.1 Å². The van der Waals surface area contributed by atoms with Gasteiger partial charge in [-0.15, -0.1) is 0 Å². The van der Waals surface area contributed by atoms with Gasteiger partial charge in [-0.1, -0.05) is 13.0 Å². The number of nitrogens with one attached hydrogen (secondary N) is 1. The van der Waals surface area contributed by atoms with E-state index >= 15 is 0 Å². The SMILES string of the molecule is Cc1ccc(F)c(S(=O)(=O)Nc2ccc(S(=O)(=O)N3CCCC(C)C3)cc2)c1. The Morgan fingerprint density at radius 3 is 2.39 bits per heavy atom. The van der Waals surface area contributed by atoms with E-state index in [1.807, 2.05) is 6.92 Å². The van der Waals surface area contributed by atoms with Gasteiger partial charge in [0, 0.05) is 18.8 Å². The maximum absolute atomic E-state index is 13.9. The van der Waals surface area contributed by atoms with Crippen LogP contribution in [0.25, 0.3) is 0 Å². The first-order valence-electron chi connectivity index (χ1n) is 8.99. The fraction of sp³-hybridized carbons (Fsp3) is 0.368. The molecule has 2 aromatic rings. The molecule has 28 heavy (non-hydrogen) atoms. The van der Waals surface area contributed by atoms with E-state index in [0.29, 0.717) is 24.6 Å². The number of aryl methyl sites for hydroxylation is 1. The van der Waals surface area contributed by atoms with Crippen molar-refractivity contribution in [1.29, 1.82) is 0 Å². The lowest BCUT2D eigenvalue weighted by molar-refractivity contribution is 0.281. The van der Waals surface area contributed by atoms with E-state index in [0.717, 1.165) is 18.9 Å². The number of rotatable bonds is 5. The highest BCUT2D eigenvalue weighted by atomic mass is 32.2. The smallest absolute Gasteiger partial charge is 0.264 e. The van der Waals surface area contributed by atoms with Gasteiger partial charge in [-0.3, -0.25) is 4.72 Å². The van der Waals surface area contributed by atoms with Crippen LogP contribution in [0.1, 0.15) is 25.3 Å². The van der Waals surface area contributed by atoms with E-state index in [-0.39, 0.29) is 10.6 Å². The molecule has 0 bridgehead atoms. The van der Waals surface area contributed by atoms with E-state index in [2.05, 4.69) is 4.72 Å². The van der Waals surface area contributed by atoms with E-state index in [4.69, 9.17) is 0 Å². The minimum Gasteiger partial charge on any atom is -0.280 e. The molecule has 1 unspecified atom stereocenters. The highest BCUT2D eigenvalue weighted by molar-refractivity contribution is 7.92. The number of hydrogen-bond donors (Lipinski definition) is 1. The molecule has 0 amide bonds. The number of hydrogen-bond acceptors (Lipinski definition) is 4. The van der Waals surface area contributed by atoms with Crippen molar-refractivity contribution < 1.29 is 21.2 Å². The zero-order chi connectivity index (χ0) is 20.5. The van der Waals surface area contributed by atoms with Crippen molar-refractivity contribution in [2.45, 2.75) is 36.5 Å². The van der Waals surface area contributed by atoms with Crippen LogP contribution >= 0.6 is 0 Å². The minimum atomic E-state index is -4.13. The Labute approximate surface area is 165 Å². The van der Waals surface area contributed by atoms with Crippen LogP contribution in [0.2, 0.25) is 0 Å². The Morgan fingerprint density at radius 1 is 1.07 bits per heavy atom. The van der Waals surface area contributed by atoms with Gasteiger partial charge >= 0.3 is 0 Å². The molecule has 6 nitrogen and oxygen atoms in total. The van der Waals surface area contributed by atoms with E-state index in [1.54, 1.807) is 6.92 Å². The van der Waals surface area contributed by atoms with E-state index in [1.165, 1.54) is 40.7 Å². The third-order valence-corrected chi connectivity index (χ3v) is 8.02. The second-order valence-corrected chi connectivity index (χ2v) is 10.8. The maximum Gasteiger partial charge on any atom is 0.264 e. The molecule has 0 saturated carbocycles. The van der Waals surface area contributed by atoms with Crippen LogP contribution in [0.15, 0.2) is 52.3 Å². The molecular formula is C19H23FN2O4S2. The predicted molar refractivity (Wildman–Crippen MR) is 106 cm³/mol. The zero-order valence-electron chi connectivity index (χ0n) is 15.7. The summed E-state index contributed by atoms with van der Waals surface area (Å²) in [4.78, 5) is -0.349. The lowest BCUT2D eigenvalue weighted by Crippen LogP contribution is -2.39. The first-order valence-corrected chi connectivity index (χ1v) is 11.9. The van der Waals surface area contributed by atoms with Gasteiger partial charge in [-0.25, -0.2) is 21.2 Å². The number of halogens is 1. The molecule has 1 atom stereocenters. The number of anilines is 1. The molecule has 1 heterocycles. The van der Waals surface area contributed by atoms with Crippen LogP contribution in [0.3, 0.4) is 0 Å². The zero-order valence-corrected chi connectivity index (χ0v) is 17.4. The first-order chi connectivity index (χ1) is 13.1. The van der Waals surface area contributed by atoms with Gasteiger partial charge in [0.25, 0.3) is 10.0 Å². The number of nitrogens with zero attached hydrogens (tertiary/aromatic N) is 1. The topological polar surface area (TPSA) is 83.5 Å². The molecule has 9 heteroatoms. The van der Waals surface area contributed by atoms with Crippen molar-refractivity contribution >= 4 is 25.7 Å². The predicted octanol–water partition coefficient (Wildman–Crippen LogP) is 3.36.